The largest absolute Gasteiger partial charge is 0.333 e. The average Bonchev–Trinajstić information content (AvgIpc) is 2.40. The van der Waals surface area contributed by atoms with Crippen LogP contribution in [-0.2, 0) is 4.79 Å². The van der Waals surface area contributed by atoms with E-state index in [2.05, 4.69) is 17.4 Å². The maximum absolute atomic E-state index is 12.0. The number of likely N-dealkylation sites (N-methyl/N-ethyl adjacent to an activating group) is 1. The van der Waals surface area contributed by atoms with E-state index in [0.29, 0.717) is 6.54 Å². The van der Waals surface area contributed by atoms with Gasteiger partial charge in [-0.1, -0.05) is 30.3 Å². The first-order valence-electron chi connectivity index (χ1n) is 5.89. The summed E-state index contributed by atoms with van der Waals surface area (Å²) in [5.74, 6) is 2.24. The lowest BCUT2D eigenvalue weighted by Crippen LogP contribution is -2.44. The van der Waals surface area contributed by atoms with Gasteiger partial charge in [0.1, 0.15) is 0 Å². The number of thioether (sulfide) groups is 1. The lowest BCUT2D eigenvalue weighted by Gasteiger charge is -2.35. The Labute approximate surface area is 119 Å². The second-order valence-electron chi connectivity index (χ2n) is 4.12. The number of nitrogens with one attached hydrogen (secondary N) is 1. The summed E-state index contributed by atoms with van der Waals surface area (Å²) < 4.78 is 0. The van der Waals surface area contributed by atoms with Crippen LogP contribution in [0.25, 0.3) is 0 Å². The first-order valence-corrected chi connectivity index (χ1v) is 7.05. The molecule has 1 atom stereocenters. The number of halogens is 1. The summed E-state index contributed by atoms with van der Waals surface area (Å²) in [5.41, 5.74) is 1.24. The van der Waals surface area contributed by atoms with Crippen molar-refractivity contribution in [3.05, 3.63) is 35.9 Å². The predicted molar refractivity (Wildman–Crippen MR) is 79.4 cm³/mol. The second-order valence-corrected chi connectivity index (χ2v) is 5.27. The number of benzene rings is 1. The molecule has 0 aliphatic carbocycles. The molecule has 0 aromatic heterocycles. The van der Waals surface area contributed by atoms with E-state index < -0.39 is 0 Å². The third-order valence-corrected chi connectivity index (χ3v) is 3.98. The third kappa shape index (κ3) is 3.64. The van der Waals surface area contributed by atoms with Gasteiger partial charge >= 0.3 is 0 Å². The SMILES string of the molecule is CNCC(=O)N1CCSCC1c1ccccc1.Cl. The smallest absolute Gasteiger partial charge is 0.237 e. The zero-order valence-corrected chi connectivity index (χ0v) is 12.1. The summed E-state index contributed by atoms with van der Waals surface area (Å²) in [4.78, 5) is 14.0. The van der Waals surface area contributed by atoms with E-state index in [0.717, 1.165) is 18.1 Å². The molecule has 3 nitrogen and oxygen atoms in total. The Morgan fingerprint density at radius 1 is 1.44 bits per heavy atom. The van der Waals surface area contributed by atoms with E-state index in [9.17, 15) is 4.79 Å². The Bertz CT molecular complexity index is 375. The van der Waals surface area contributed by atoms with Crippen molar-refractivity contribution < 1.29 is 4.79 Å². The fourth-order valence-electron chi connectivity index (χ4n) is 2.11. The van der Waals surface area contributed by atoms with Crippen LogP contribution in [0.3, 0.4) is 0 Å². The summed E-state index contributed by atoms with van der Waals surface area (Å²) in [6.07, 6.45) is 0. The highest BCUT2D eigenvalue weighted by Gasteiger charge is 2.27. The summed E-state index contributed by atoms with van der Waals surface area (Å²) in [6, 6.07) is 10.5. The van der Waals surface area contributed by atoms with Gasteiger partial charge in [0, 0.05) is 18.1 Å². The second kappa shape index (κ2) is 7.67. The quantitative estimate of drug-likeness (QED) is 0.922. The van der Waals surface area contributed by atoms with E-state index in [-0.39, 0.29) is 24.4 Å². The van der Waals surface area contributed by atoms with E-state index >= 15 is 0 Å². The molecule has 2 rings (SSSR count). The Morgan fingerprint density at radius 2 is 2.17 bits per heavy atom. The standard InChI is InChI=1S/C13H18N2OS.ClH/c1-14-9-13(16)15-7-8-17-10-12(15)11-5-3-2-4-6-11;/h2-6,12,14H,7-10H2,1H3;1H. The van der Waals surface area contributed by atoms with Crippen molar-refractivity contribution in [1.29, 1.82) is 0 Å². The molecule has 1 fully saturated rings. The topological polar surface area (TPSA) is 32.3 Å². The minimum atomic E-state index is 0. The fraction of sp³-hybridized carbons (Fsp3) is 0.462. The molecule has 0 bridgehead atoms. The van der Waals surface area contributed by atoms with Crippen LogP contribution in [0.1, 0.15) is 11.6 Å². The Kier molecular flexibility index (Phi) is 6.54. The fourth-order valence-corrected chi connectivity index (χ4v) is 3.19. The van der Waals surface area contributed by atoms with Crippen LogP contribution in [0, 0.1) is 0 Å². The van der Waals surface area contributed by atoms with Crippen LogP contribution in [0.4, 0.5) is 0 Å². The average molecular weight is 287 g/mol. The van der Waals surface area contributed by atoms with Crippen LogP contribution < -0.4 is 5.32 Å². The van der Waals surface area contributed by atoms with Crippen LogP contribution >= 0.6 is 24.2 Å². The van der Waals surface area contributed by atoms with Gasteiger partial charge in [-0.2, -0.15) is 11.8 Å². The lowest BCUT2D eigenvalue weighted by molar-refractivity contribution is -0.132. The Morgan fingerprint density at radius 3 is 2.83 bits per heavy atom. The van der Waals surface area contributed by atoms with Crippen molar-refractivity contribution in [2.75, 3.05) is 31.6 Å². The maximum atomic E-state index is 12.0. The van der Waals surface area contributed by atoms with E-state index in [1.165, 1.54) is 5.56 Å². The maximum Gasteiger partial charge on any atom is 0.237 e. The number of hydrogen-bond acceptors (Lipinski definition) is 3. The van der Waals surface area contributed by atoms with Gasteiger partial charge < -0.3 is 10.2 Å². The Balaban J connectivity index is 0.00000162. The zero-order chi connectivity index (χ0) is 12.1. The minimum absolute atomic E-state index is 0. The molecule has 1 aromatic rings. The van der Waals surface area contributed by atoms with E-state index in [1.807, 2.05) is 41.9 Å². The summed E-state index contributed by atoms with van der Waals surface area (Å²) in [6.45, 7) is 1.28. The zero-order valence-electron chi connectivity index (χ0n) is 10.5. The van der Waals surface area contributed by atoms with Gasteiger partial charge in [0.2, 0.25) is 5.91 Å². The minimum Gasteiger partial charge on any atom is -0.333 e. The highest BCUT2D eigenvalue weighted by atomic mass is 35.5. The van der Waals surface area contributed by atoms with Crippen LogP contribution in [0.15, 0.2) is 30.3 Å². The van der Waals surface area contributed by atoms with Crippen molar-refractivity contribution in [2.45, 2.75) is 6.04 Å². The summed E-state index contributed by atoms with van der Waals surface area (Å²) >= 11 is 1.92. The molecule has 0 saturated carbocycles. The molecular formula is C13H19ClN2OS. The Hall–Kier alpha value is -0.710. The number of carbonyl (C=O) groups excluding carboxylic acids is 1. The van der Waals surface area contributed by atoms with Gasteiger partial charge in [0.15, 0.2) is 0 Å². The number of rotatable bonds is 3. The normalized spacial score (nSPS) is 19.2. The molecule has 18 heavy (non-hydrogen) atoms. The van der Waals surface area contributed by atoms with Crippen molar-refractivity contribution in [2.24, 2.45) is 0 Å². The van der Waals surface area contributed by atoms with Gasteiger partial charge in [0.05, 0.1) is 12.6 Å². The van der Waals surface area contributed by atoms with Gasteiger partial charge in [-0.15, -0.1) is 12.4 Å². The third-order valence-electron chi connectivity index (χ3n) is 2.96. The number of carbonyl (C=O) groups is 1. The van der Waals surface area contributed by atoms with Gasteiger partial charge in [-0.25, -0.2) is 0 Å². The van der Waals surface area contributed by atoms with Gasteiger partial charge in [-0.05, 0) is 12.6 Å². The molecule has 1 aliphatic rings. The molecule has 1 saturated heterocycles. The molecular weight excluding hydrogens is 268 g/mol. The van der Waals surface area contributed by atoms with Gasteiger partial charge in [-0.3, -0.25) is 4.79 Å². The van der Waals surface area contributed by atoms with Crippen molar-refractivity contribution in [3.8, 4) is 0 Å². The molecule has 100 valence electrons. The van der Waals surface area contributed by atoms with Crippen LogP contribution in [0.5, 0.6) is 0 Å². The first kappa shape index (κ1) is 15.3. The molecule has 1 heterocycles. The molecule has 0 spiro atoms. The molecule has 1 unspecified atom stereocenters. The van der Waals surface area contributed by atoms with Crippen LogP contribution in [-0.4, -0.2) is 42.4 Å². The molecule has 1 aromatic carbocycles. The van der Waals surface area contributed by atoms with E-state index in [4.69, 9.17) is 0 Å². The first-order chi connectivity index (χ1) is 8.33. The monoisotopic (exact) mass is 286 g/mol. The molecule has 1 amide bonds. The van der Waals surface area contributed by atoms with Crippen LogP contribution in [0.2, 0.25) is 0 Å². The molecule has 5 heteroatoms. The summed E-state index contributed by atoms with van der Waals surface area (Å²) in [5, 5.41) is 2.94. The summed E-state index contributed by atoms with van der Waals surface area (Å²) in [7, 11) is 1.81. The number of nitrogens with zero attached hydrogens (tertiary/aromatic N) is 1. The highest BCUT2D eigenvalue weighted by Crippen LogP contribution is 2.29. The predicted octanol–water partition coefficient (Wildman–Crippen LogP) is 1.94. The van der Waals surface area contributed by atoms with Crippen molar-refractivity contribution in [1.82, 2.24) is 10.2 Å². The van der Waals surface area contributed by atoms with Crippen molar-refractivity contribution >= 4 is 30.1 Å². The lowest BCUT2D eigenvalue weighted by atomic mass is 10.1. The molecule has 1 N–H and O–H groups in total. The molecule has 0 radical (unpaired) electrons. The van der Waals surface area contributed by atoms with Crippen molar-refractivity contribution in [3.63, 3.8) is 0 Å². The number of hydrogen-bond donors (Lipinski definition) is 1. The number of amides is 1. The molecule has 1 aliphatic heterocycles. The van der Waals surface area contributed by atoms with E-state index in [1.54, 1.807) is 0 Å². The van der Waals surface area contributed by atoms with Gasteiger partial charge in [0.25, 0.3) is 0 Å². The highest BCUT2D eigenvalue weighted by molar-refractivity contribution is 7.99.